The number of ether oxygens (including phenoxy) is 4. The first-order valence-electron chi connectivity index (χ1n) is 16.4. The van der Waals surface area contributed by atoms with Crippen LogP contribution < -0.4 is 31.6 Å². The van der Waals surface area contributed by atoms with E-state index in [9.17, 15) is 29.8 Å². The Morgan fingerprint density at radius 2 is 1.10 bits per heavy atom. The fourth-order valence-corrected chi connectivity index (χ4v) is 5.44. The number of morpholine rings is 2. The average Bonchev–Trinajstić information content (AvgIpc) is 3.10. The number of carbonyl (C=O) groups excluding carboxylic acids is 2. The first-order chi connectivity index (χ1) is 24.1. The van der Waals surface area contributed by atoms with Gasteiger partial charge >= 0.3 is 0 Å². The Balaban J connectivity index is 1.40. The van der Waals surface area contributed by atoms with E-state index in [0.717, 1.165) is 51.4 Å². The second-order valence-corrected chi connectivity index (χ2v) is 11.5. The van der Waals surface area contributed by atoms with Crippen LogP contribution in [0.3, 0.4) is 0 Å². The number of primary amides is 2. The van der Waals surface area contributed by atoms with Crippen LogP contribution in [-0.4, -0.2) is 123 Å². The van der Waals surface area contributed by atoms with Crippen molar-refractivity contribution >= 4 is 34.6 Å². The smallest absolute Gasteiger partial charge is 0.296 e. The Morgan fingerprint density at radius 3 is 1.44 bits per heavy atom. The summed E-state index contributed by atoms with van der Waals surface area (Å²) in [4.78, 5) is 50.9. The number of carbonyl (C=O) groups is 2. The van der Waals surface area contributed by atoms with Crippen LogP contribution >= 0.6 is 0 Å². The van der Waals surface area contributed by atoms with Crippen LogP contribution in [0.5, 0.6) is 11.5 Å². The van der Waals surface area contributed by atoms with Gasteiger partial charge in [-0.1, -0.05) is 12.2 Å². The van der Waals surface area contributed by atoms with Crippen LogP contribution in [0, 0.1) is 20.2 Å². The Labute approximate surface area is 288 Å². The number of nitro benzene ring substituents is 2. The van der Waals surface area contributed by atoms with E-state index in [4.69, 9.17) is 30.4 Å². The first-order valence-corrected chi connectivity index (χ1v) is 16.4. The molecule has 0 saturated carbocycles. The number of nitrogens with two attached hydrogens (primary N) is 2. The third-order valence-corrected chi connectivity index (χ3v) is 8.05. The van der Waals surface area contributed by atoms with E-state index in [1.54, 1.807) is 12.2 Å². The van der Waals surface area contributed by atoms with Gasteiger partial charge in [0, 0.05) is 75.6 Å². The molecule has 2 aliphatic heterocycles. The van der Waals surface area contributed by atoms with Crippen molar-refractivity contribution in [1.82, 2.24) is 9.80 Å². The zero-order chi connectivity index (χ0) is 35.9. The van der Waals surface area contributed by atoms with E-state index in [-0.39, 0.29) is 71.7 Å². The molecule has 0 aliphatic carbocycles. The first kappa shape index (κ1) is 37.8. The Hall–Kier alpha value is -5.04. The van der Waals surface area contributed by atoms with Gasteiger partial charge in [0.05, 0.1) is 49.5 Å². The molecule has 18 heteroatoms. The molecule has 0 spiro atoms. The molecule has 2 aliphatic rings. The van der Waals surface area contributed by atoms with Crippen LogP contribution in [0.4, 0.5) is 22.7 Å². The molecular weight excluding hydrogens is 656 g/mol. The lowest BCUT2D eigenvalue weighted by Gasteiger charge is -2.26. The molecule has 2 aromatic carbocycles. The highest BCUT2D eigenvalue weighted by Crippen LogP contribution is 2.37. The lowest BCUT2D eigenvalue weighted by molar-refractivity contribution is -0.384. The van der Waals surface area contributed by atoms with Gasteiger partial charge in [-0.05, 0) is 25.0 Å². The number of nitrogens with zero attached hydrogens (tertiary/aromatic N) is 4. The predicted molar refractivity (Wildman–Crippen MR) is 184 cm³/mol. The van der Waals surface area contributed by atoms with Crippen molar-refractivity contribution in [2.75, 3.05) is 103 Å². The molecule has 272 valence electrons. The molecule has 2 aromatic rings. The third-order valence-electron chi connectivity index (χ3n) is 8.05. The molecule has 2 saturated heterocycles. The second kappa shape index (κ2) is 19.2. The SMILES string of the molecule is NC(=O)c1cc(OCCCN2CCOCC2)c(NC/C=C/CNc2c(OCCCN3CCOCC3)cc(C(N)=O)cc2[N+](=O)[O-])c([N+](=O)[O-])c1. The highest BCUT2D eigenvalue weighted by atomic mass is 16.6. The van der Waals surface area contributed by atoms with Crippen LogP contribution in [0.15, 0.2) is 36.4 Å². The molecule has 0 radical (unpaired) electrons. The van der Waals surface area contributed by atoms with Gasteiger partial charge in [0.2, 0.25) is 11.8 Å². The van der Waals surface area contributed by atoms with Crippen molar-refractivity contribution in [3.05, 3.63) is 67.8 Å². The number of benzene rings is 2. The number of hydrogen-bond acceptors (Lipinski definition) is 14. The van der Waals surface area contributed by atoms with Crippen molar-refractivity contribution < 1.29 is 38.4 Å². The largest absolute Gasteiger partial charge is 0.491 e. The topological polar surface area (TPSA) is 240 Å². The summed E-state index contributed by atoms with van der Waals surface area (Å²) in [5.74, 6) is -1.44. The number of hydrogen-bond donors (Lipinski definition) is 4. The van der Waals surface area contributed by atoms with Crippen LogP contribution in [0.2, 0.25) is 0 Å². The molecule has 4 rings (SSSR count). The van der Waals surface area contributed by atoms with Gasteiger partial charge in [0.15, 0.2) is 11.4 Å². The number of nitrogens with one attached hydrogen (secondary N) is 2. The molecule has 6 N–H and O–H groups in total. The average molecular weight is 701 g/mol. The van der Waals surface area contributed by atoms with E-state index < -0.39 is 21.7 Å². The minimum Gasteiger partial charge on any atom is -0.491 e. The summed E-state index contributed by atoms with van der Waals surface area (Å²) < 4.78 is 22.5. The normalized spacial score (nSPS) is 15.4. The summed E-state index contributed by atoms with van der Waals surface area (Å²) >= 11 is 0. The van der Waals surface area contributed by atoms with E-state index in [1.165, 1.54) is 12.1 Å². The lowest BCUT2D eigenvalue weighted by atomic mass is 10.1. The van der Waals surface area contributed by atoms with E-state index >= 15 is 0 Å². The second-order valence-electron chi connectivity index (χ2n) is 11.5. The number of rotatable bonds is 20. The summed E-state index contributed by atoms with van der Waals surface area (Å²) in [6, 6.07) is 4.92. The van der Waals surface area contributed by atoms with Crippen molar-refractivity contribution in [1.29, 1.82) is 0 Å². The Morgan fingerprint density at radius 1 is 0.720 bits per heavy atom. The van der Waals surface area contributed by atoms with Crippen LogP contribution in [0.25, 0.3) is 0 Å². The zero-order valence-corrected chi connectivity index (χ0v) is 27.8. The van der Waals surface area contributed by atoms with Crippen LogP contribution in [-0.2, 0) is 9.47 Å². The van der Waals surface area contributed by atoms with Crippen LogP contribution in [0.1, 0.15) is 33.6 Å². The molecule has 0 atom stereocenters. The van der Waals surface area contributed by atoms with Gasteiger partial charge in [-0.3, -0.25) is 39.6 Å². The number of nitro groups is 2. The molecule has 18 nitrogen and oxygen atoms in total. The summed E-state index contributed by atoms with van der Waals surface area (Å²) in [7, 11) is 0. The van der Waals surface area contributed by atoms with Gasteiger partial charge in [-0.2, -0.15) is 0 Å². The monoisotopic (exact) mass is 700 g/mol. The fourth-order valence-electron chi connectivity index (χ4n) is 5.44. The van der Waals surface area contributed by atoms with E-state index in [2.05, 4.69) is 20.4 Å². The molecule has 0 bridgehead atoms. The maximum Gasteiger partial charge on any atom is 0.296 e. The van der Waals surface area contributed by atoms with Crippen molar-refractivity contribution in [2.24, 2.45) is 11.5 Å². The minimum absolute atomic E-state index is 0.0618. The molecular formula is C32H44N8O10. The third kappa shape index (κ3) is 11.3. The molecule has 2 fully saturated rings. The van der Waals surface area contributed by atoms with Crippen molar-refractivity contribution in [3.8, 4) is 11.5 Å². The van der Waals surface area contributed by atoms with E-state index in [0.29, 0.717) is 39.3 Å². The summed E-state index contributed by atoms with van der Waals surface area (Å²) in [5, 5.41) is 29.9. The predicted octanol–water partition coefficient (Wildman–Crippen LogP) is 1.98. The number of anilines is 2. The van der Waals surface area contributed by atoms with Gasteiger partial charge in [0.25, 0.3) is 11.4 Å². The summed E-state index contributed by atoms with van der Waals surface area (Å²) in [6.07, 6.45) is 4.61. The Kier molecular flexibility index (Phi) is 14.5. The molecule has 50 heavy (non-hydrogen) atoms. The van der Waals surface area contributed by atoms with E-state index in [1.807, 2.05) is 0 Å². The molecule has 0 unspecified atom stereocenters. The zero-order valence-electron chi connectivity index (χ0n) is 27.8. The van der Waals surface area contributed by atoms with Gasteiger partial charge in [-0.25, -0.2) is 0 Å². The summed E-state index contributed by atoms with van der Waals surface area (Å²) in [6.45, 7) is 8.11. The lowest BCUT2D eigenvalue weighted by Crippen LogP contribution is -2.37. The highest BCUT2D eigenvalue weighted by Gasteiger charge is 2.24. The van der Waals surface area contributed by atoms with Gasteiger partial charge < -0.3 is 41.0 Å². The van der Waals surface area contributed by atoms with Gasteiger partial charge in [0.1, 0.15) is 11.5 Å². The van der Waals surface area contributed by atoms with Crippen molar-refractivity contribution in [2.45, 2.75) is 12.8 Å². The fraction of sp³-hybridized carbons (Fsp3) is 0.500. The maximum absolute atomic E-state index is 11.9. The maximum atomic E-state index is 11.9. The minimum atomic E-state index is -0.831. The highest BCUT2D eigenvalue weighted by molar-refractivity contribution is 5.96. The summed E-state index contributed by atoms with van der Waals surface area (Å²) in [5.41, 5.74) is 10.1. The quantitative estimate of drug-likeness (QED) is 0.0669. The number of amides is 2. The molecule has 2 amide bonds. The Bertz CT molecular complexity index is 1420. The molecule has 0 aromatic heterocycles. The molecule has 2 heterocycles. The van der Waals surface area contributed by atoms with Gasteiger partial charge in [-0.15, -0.1) is 0 Å². The van der Waals surface area contributed by atoms with Crippen molar-refractivity contribution in [3.63, 3.8) is 0 Å². The standard InChI is InChI=1S/C32H44N8O10/c33-31(41)23-19-25(39(43)44)29(27(21-23)49-13-3-7-37-9-15-47-16-10-37)35-5-1-2-6-36-30-26(40(45)46)20-24(32(34)42)22-28(30)50-14-4-8-38-11-17-48-18-12-38/h1-2,19-22,35-36H,3-18H2,(H2,33,41)(H2,34,42)/b2-1+.